The molecule has 0 N–H and O–H groups in total. The summed E-state index contributed by atoms with van der Waals surface area (Å²) in [5, 5.41) is 0. The van der Waals surface area contributed by atoms with Gasteiger partial charge in [0.15, 0.2) is 0 Å². The molecule has 0 unspecified atom stereocenters. The standard InChI is InChI=1S/C11H13O.CH3.Y/c1-2-3-9-11(12)10-7-5-4-6-8-10;;/h5-8H,2-3,9H2,1H3;1H3;/q2*-1;+3. The molecule has 0 saturated carbocycles. The van der Waals surface area contributed by atoms with Crippen molar-refractivity contribution in [2.24, 2.45) is 0 Å². The summed E-state index contributed by atoms with van der Waals surface area (Å²) in [5.41, 5.74) is 0.808. The first kappa shape index (κ1) is 16.4. The van der Waals surface area contributed by atoms with Gasteiger partial charge < -0.3 is 7.43 Å². The van der Waals surface area contributed by atoms with Gasteiger partial charge in [-0.3, -0.25) is 4.79 Å². The fourth-order valence-electron chi connectivity index (χ4n) is 1.05. The van der Waals surface area contributed by atoms with E-state index >= 15 is 0 Å². The van der Waals surface area contributed by atoms with Gasteiger partial charge in [0.05, 0.1) is 0 Å². The number of carbonyl (C=O) groups excluding carboxylic acids is 1. The third kappa shape index (κ3) is 5.67. The zero-order chi connectivity index (χ0) is 8.81. The van der Waals surface area contributed by atoms with E-state index < -0.39 is 0 Å². The largest absolute Gasteiger partial charge is 3.00 e. The minimum Gasteiger partial charge on any atom is -0.358 e. The normalized spacial score (nSPS) is 8.36. The van der Waals surface area contributed by atoms with Crippen LogP contribution in [0.2, 0.25) is 0 Å². The Balaban J connectivity index is 0. The van der Waals surface area contributed by atoms with Crippen LogP contribution < -0.4 is 0 Å². The number of Topliss-reactive ketones (excluding diaryl/α,β-unsaturated/α-hetero) is 1. The fraction of sp³-hybridized carbons (Fsp3) is 0.333. The molecular formula is C12H16OY+. The Kier molecular flexibility index (Phi) is 11.2. The number of hydrogen-bond acceptors (Lipinski definition) is 1. The number of unbranched alkanes of at least 4 members (excludes halogenated alkanes) is 1. The summed E-state index contributed by atoms with van der Waals surface area (Å²) < 4.78 is 0. The van der Waals surface area contributed by atoms with E-state index in [9.17, 15) is 4.79 Å². The van der Waals surface area contributed by atoms with Gasteiger partial charge in [-0.25, -0.2) is 0 Å². The zero-order valence-corrected chi connectivity index (χ0v) is 11.8. The monoisotopic (exact) mass is 265 g/mol. The van der Waals surface area contributed by atoms with Crippen molar-refractivity contribution >= 4 is 5.78 Å². The van der Waals surface area contributed by atoms with Gasteiger partial charge in [-0.05, 0) is 6.42 Å². The second kappa shape index (κ2) is 9.55. The zero-order valence-electron chi connectivity index (χ0n) is 8.92. The van der Waals surface area contributed by atoms with Gasteiger partial charge in [-0.1, -0.05) is 18.9 Å². The van der Waals surface area contributed by atoms with Gasteiger partial charge in [0.2, 0.25) is 0 Å². The molecule has 0 heterocycles. The molecule has 1 aromatic rings. The SMILES string of the molecule is CCCCC(=O)c1cc[c-]cc1.[CH3-].[Y+3]. The molecule has 0 amide bonds. The van der Waals surface area contributed by atoms with Crippen LogP contribution in [-0.4, -0.2) is 5.78 Å². The molecule has 0 aliphatic heterocycles. The van der Waals surface area contributed by atoms with Crippen LogP contribution >= 0.6 is 0 Å². The van der Waals surface area contributed by atoms with Gasteiger partial charge in [-0.15, -0.1) is 0 Å². The summed E-state index contributed by atoms with van der Waals surface area (Å²) in [7, 11) is 0. The third-order valence-electron chi connectivity index (χ3n) is 1.80. The fourth-order valence-corrected chi connectivity index (χ4v) is 1.05. The van der Waals surface area contributed by atoms with Crippen LogP contribution in [0, 0.1) is 13.5 Å². The second-order valence-corrected chi connectivity index (χ2v) is 2.82. The molecule has 1 rings (SSSR count). The molecule has 0 radical (unpaired) electrons. The predicted octanol–water partition coefficient (Wildman–Crippen LogP) is 3.31. The van der Waals surface area contributed by atoms with E-state index in [4.69, 9.17) is 0 Å². The number of rotatable bonds is 4. The first-order chi connectivity index (χ1) is 5.84. The van der Waals surface area contributed by atoms with Crippen molar-refractivity contribution < 1.29 is 37.5 Å². The molecule has 0 spiro atoms. The van der Waals surface area contributed by atoms with Crippen molar-refractivity contribution in [2.75, 3.05) is 0 Å². The Bertz CT molecular complexity index is 244. The Morgan fingerprint density at radius 3 is 2.43 bits per heavy atom. The molecule has 0 aromatic heterocycles. The minimum atomic E-state index is 0. The number of hydrogen-bond donors (Lipinski definition) is 0. The first-order valence-electron chi connectivity index (χ1n) is 4.34. The van der Waals surface area contributed by atoms with Crippen molar-refractivity contribution in [3.63, 3.8) is 0 Å². The van der Waals surface area contributed by atoms with Crippen molar-refractivity contribution in [1.82, 2.24) is 0 Å². The summed E-state index contributed by atoms with van der Waals surface area (Å²) in [6.07, 6.45) is 2.72. The van der Waals surface area contributed by atoms with E-state index in [0.717, 1.165) is 18.4 Å². The smallest absolute Gasteiger partial charge is 0.358 e. The molecule has 14 heavy (non-hydrogen) atoms. The number of benzene rings is 1. The van der Waals surface area contributed by atoms with Gasteiger partial charge in [0.1, 0.15) is 5.78 Å². The molecular weight excluding hydrogens is 249 g/mol. The van der Waals surface area contributed by atoms with Crippen LogP contribution in [0.15, 0.2) is 24.3 Å². The van der Waals surface area contributed by atoms with Crippen LogP contribution in [0.3, 0.4) is 0 Å². The topological polar surface area (TPSA) is 17.1 Å². The van der Waals surface area contributed by atoms with E-state index in [-0.39, 0.29) is 45.9 Å². The van der Waals surface area contributed by atoms with E-state index in [1.165, 1.54) is 0 Å². The van der Waals surface area contributed by atoms with Gasteiger partial charge in [0, 0.05) is 6.42 Å². The molecule has 72 valence electrons. The van der Waals surface area contributed by atoms with E-state index in [1.807, 2.05) is 12.1 Å². The maximum Gasteiger partial charge on any atom is 3.00 e. The summed E-state index contributed by atoms with van der Waals surface area (Å²) in [4.78, 5) is 11.4. The third-order valence-corrected chi connectivity index (χ3v) is 1.80. The molecule has 1 nitrogen and oxygen atoms in total. The molecule has 1 aromatic carbocycles. The van der Waals surface area contributed by atoms with Crippen molar-refractivity contribution in [2.45, 2.75) is 26.2 Å². The number of ketones is 1. The Hall–Kier alpha value is -0.00610. The minimum absolute atomic E-state index is 0. The number of carbonyl (C=O) groups is 1. The second-order valence-electron chi connectivity index (χ2n) is 2.82. The molecule has 0 bridgehead atoms. The van der Waals surface area contributed by atoms with E-state index in [0.29, 0.717) is 6.42 Å². The first-order valence-corrected chi connectivity index (χ1v) is 4.34. The summed E-state index contributed by atoms with van der Waals surface area (Å²) in [5.74, 6) is 0.242. The average Bonchev–Trinajstić information content (AvgIpc) is 2.15. The summed E-state index contributed by atoms with van der Waals surface area (Å²) in [6.45, 7) is 2.09. The van der Waals surface area contributed by atoms with Crippen LogP contribution in [0.5, 0.6) is 0 Å². The van der Waals surface area contributed by atoms with Crippen molar-refractivity contribution in [3.8, 4) is 0 Å². The maximum atomic E-state index is 11.4. The average molecular weight is 265 g/mol. The molecule has 0 aliphatic rings. The van der Waals surface area contributed by atoms with Crippen LogP contribution in [-0.2, 0) is 32.7 Å². The van der Waals surface area contributed by atoms with Gasteiger partial charge in [-0.2, -0.15) is 30.3 Å². The molecule has 0 atom stereocenters. The van der Waals surface area contributed by atoms with Gasteiger partial charge >= 0.3 is 32.7 Å². The van der Waals surface area contributed by atoms with Crippen molar-refractivity contribution in [1.29, 1.82) is 0 Å². The quantitative estimate of drug-likeness (QED) is 0.603. The van der Waals surface area contributed by atoms with Gasteiger partial charge in [0.25, 0.3) is 0 Å². The maximum absolute atomic E-state index is 11.4. The molecule has 0 fully saturated rings. The predicted molar refractivity (Wildman–Crippen MR) is 55.5 cm³/mol. The van der Waals surface area contributed by atoms with E-state index in [1.54, 1.807) is 12.1 Å². The summed E-state index contributed by atoms with van der Waals surface area (Å²) >= 11 is 0. The molecule has 0 saturated heterocycles. The Morgan fingerprint density at radius 1 is 1.36 bits per heavy atom. The van der Waals surface area contributed by atoms with Crippen LogP contribution in [0.1, 0.15) is 36.5 Å². The van der Waals surface area contributed by atoms with Crippen molar-refractivity contribution in [3.05, 3.63) is 43.3 Å². The van der Waals surface area contributed by atoms with E-state index in [2.05, 4.69) is 13.0 Å². The molecule has 2 heteroatoms. The molecule has 0 aliphatic carbocycles. The van der Waals surface area contributed by atoms with Crippen LogP contribution in [0.4, 0.5) is 0 Å². The Labute approximate surface area is 112 Å². The summed E-state index contributed by atoms with van der Waals surface area (Å²) in [6, 6.07) is 10.1. The Morgan fingerprint density at radius 2 is 1.93 bits per heavy atom. The van der Waals surface area contributed by atoms with Crippen LogP contribution in [0.25, 0.3) is 0 Å².